The van der Waals surface area contributed by atoms with Crippen LogP contribution in [0.4, 0.5) is 23.2 Å². The molecule has 0 bridgehead atoms. The molecule has 0 amide bonds. The predicted octanol–water partition coefficient (Wildman–Crippen LogP) is 2.91. The van der Waals surface area contributed by atoms with E-state index in [4.69, 9.17) is 0 Å². The highest BCUT2D eigenvalue weighted by atomic mass is 79.9. The van der Waals surface area contributed by atoms with E-state index < -0.39 is 38.4 Å². The minimum absolute atomic E-state index is 1.11. The molecule has 1 aromatic carbocycles. The van der Waals surface area contributed by atoms with Crippen molar-refractivity contribution in [3.05, 3.63) is 37.9 Å². The number of benzene rings is 1. The molecule has 14 heavy (non-hydrogen) atoms. The Morgan fingerprint density at radius 3 is 1.93 bits per heavy atom. The Morgan fingerprint density at radius 2 is 1.50 bits per heavy atom. The molecule has 1 aromatic rings. The molecule has 0 unspecified atom stereocenters. The smallest absolute Gasteiger partial charge is 0.258 e. The third-order valence-corrected chi connectivity index (χ3v) is 2.07. The van der Waals surface area contributed by atoms with Crippen LogP contribution >= 0.6 is 15.9 Å². The number of nitrogens with zero attached hydrogens (tertiary/aromatic N) is 1. The average Bonchev–Trinajstić information content (AvgIpc) is 2.11. The van der Waals surface area contributed by atoms with Gasteiger partial charge in [-0.3, -0.25) is 10.1 Å². The summed E-state index contributed by atoms with van der Waals surface area (Å²) in [5.74, 6) is -7.88. The SMILES string of the molecule is O=[N+]([O-])c1c(F)c(F)c(F)c(Br)c1F. The second-order valence-electron chi connectivity index (χ2n) is 2.18. The van der Waals surface area contributed by atoms with Crippen molar-refractivity contribution in [3.63, 3.8) is 0 Å². The molecule has 0 N–H and O–H groups in total. The Hall–Kier alpha value is -1.18. The fourth-order valence-electron chi connectivity index (χ4n) is 0.754. The molecule has 0 aliphatic rings. The van der Waals surface area contributed by atoms with E-state index in [0.717, 1.165) is 0 Å². The second kappa shape index (κ2) is 3.52. The third kappa shape index (κ3) is 1.45. The maximum Gasteiger partial charge on any atom is 0.344 e. The zero-order valence-electron chi connectivity index (χ0n) is 6.15. The Bertz CT molecular complexity index is 394. The van der Waals surface area contributed by atoms with Gasteiger partial charge in [-0.1, -0.05) is 0 Å². The van der Waals surface area contributed by atoms with Crippen molar-refractivity contribution in [2.24, 2.45) is 0 Å². The maximum atomic E-state index is 12.8. The van der Waals surface area contributed by atoms with Crippen molar-refractivity contribution in [1.29, 1.82) is 0 Å². The van der Waals surface area contributed by atoms with E-state index in [0.29, 0.717) is 0 Å². The lowest BCUT2D eigenvalue weighted by Crippen LogP contribution is -2.03. The summed E-state index contributed by atoms with van der Waals surface area (Å²) >= 11 is 2.22. The van der Waals surface area contributed by atoms with Gasteiger partial charge in [0.1, 0.15) is 0 Å². The van der Waals surface area contributed by atoms with E-state index in [2.05, 4.69) is 15.9 Å². The van der Waals surface area contributed by atoms with Crippen LogP contribution in [-0.4, -0.2) is 4.92 Å². The van der Waals surface area contributed by atoms with Gasteiger partial charge in [-0.05, 0) is 15.9 Å². The van der Waals surface area contributed by atoms with Crippen molar-refractivity contribution in [2.45, 2.75) is 0 Å². The molecule has 0 spiro atoms. The molecule has 0 aliphatic heterocycles. The van der Waals surface area contributed by atoms with E-state index in [9.17, 15) is 27.7 Å². The quantitative estimate of drug-likeness (QED) is 0.260. The molecule has 0 fully saturated rings. The molecule has 0 heterocycles. The first-order valence-corrected chi connectivity index (χ1v) is 3.83. The van der Waals surface area contributed by atoms with Crippen LogP contribution in [0.25, 0.3) is 0 Å². The van der Waals surface area contributed by atoms with Gasteiger partial charge in [0.15, 0.2) is 5.82 Å². The minimum atomic E-state index is -2.16. The van der Waals surface area contributed by atoms with Gasteiger partial charge in [0.05, 0.1) is 9.40 Å². The Labute approximate surface area is 82.6 Å². The molecular formula is C6BrF4NO2. The van der Waals surface area contributed by atoms with Crippen molar-refractivity contribution in [3.8, 4) is 0 Å². The summed E-state index contributed by atoms with van der Waals surface area (Å²) in [6.45, 7) is 0. The molecule has 76 valence electrons. The first-order chi connectivity index (χ1) is 6.37. The Morgan fingerprint density at radius 1 is 1.00 bits per heavy atom. The number of nitro groups is 1. The van der Waals surface area contributed by atoms with Crippen molar-refractivity contribution in [1.82, 2.24) is 0 Å². The molecule has 1 rings (SSSR count). The Kier molecular flexibility index (Phi) is 2.74. The van der Waals surface area contributed by atoms with Crippen LogP contribution in [-0.2, 0) is 0 Å². The van der Waals surface area contributed by atoms with E-state index in [-0.39, 0.29) is 0 Å². The highest BCUT2D eigenvalue weighted by Crippen LogP contribution is 2.32. The van der Waals surface area contributed by atoms with E-state index in [1.165, 1.54) is 0 Å². The average molecular weight is 274 g/mol. The van der Waals surface area contributed by atoms with Crippen LogP contribution in [0.5, 0.6) is 0 Å². The molecular weight excluding hydrogens is 274 g/mol. The maximum absolute atomic E-state index is 12.8. The Balaban J connectivity index is 3.68. The van der Waals surface area contributed by atoms with Gasteiger partial charge in [-0.25, -0.2) is 8.78 Å². The first kappa shape index (κ1) is 10.9. The molecule has 0 aliphatic carbocycles. The lowest BCUT2D eigenvalue weighted by molar-refractivity contribution is -0.390. The van der Waals surface area contributed by atoms with Crippen LogP contribution in [0.3, 0.4) is 0 Å². The van der Waals surface area contributed by atoms with Crippen molar-refractivity contribution >= 4 is 21.6 Å². The van der Waals surface area contributed by atoms with Crippen LogP contribution in [0.2, 0.25) is 0 Å². The van der Waals surface area contributed by atoms with Gasteiger partial charge in [0.2, 0.25) is 17.5 Å². The van der Waals surface area contributed by atoms with E-state index in [1.54, 1.807) is 0 Å². The first-order valence-electron chi connectivity index (χ1n) is 3.03. The molecule has 0 radical (unpaired) electrons. The molecule has 8 heteroatoms. The fourth-order valence-corrected chi connectivity index (χ4v) is 1.12. The lowest BCUT2D eigenvalue weighted by atomic mass is 10.2. The van der Waals surface area contributed by atoms with E-state index in [1.807, 2.05) is 0 Å². The molecule has 0 aromatic heterocycles. The highest BCUT2D eigenvalue weighted by Gasteiger charge is 2.31. The molecule has 0 atom stereocenters. The minimum Gasteiger partial charge on any atom is -0.258 e. The summed E-state index contributed by atoms with van der Waals surface area (Å²) in [7, 11) is 0. The molecule has 0 saturated carbocycles. The summed E-state index contributed by atoms with van der Waals surface area (Å²) in [6.07, 6.45) is 0. The summed E-state index contributed by atoms with van der Waals surface area (Å²) in [5.41, 5.74) is -1.73. The van der Waals surface area contributed by atoms with Gasteiger partial charge in [-0.2, -0.15) is 8.78 Å². The normalized spacial score (nSPS) is 10.4. The van der Waals surface area contributed by atoms with Crippen molar-refractivity contribution < 1.29 is 22.5 Å². The molecule has 0 saturated heterocycles. The highest BCUT2D eigenvalue weighted by molar-refractivity contribution is 9.10. The largest absolute Gasteiger partial charge is 0.344 e. The monoisotopic (exact) mass is 273 g/mol. The topological polar surface area (TPSA) is 43.1 Å². The van der Waals surface area contributed by atoms with Crippen LogP contribution in [0.15, 0.2) is 4.47 Å². The van der Waals surface area contributed by atoms with Crippen molar-refractivity contribution in [2.75, 3.05) is 0 Å². The zero-order chi connectivity index (χ0) is 11.0. The summed E-state index contributed by atoms with van der Waals surface area (Å²) in [5, 5.41) is 10.1. The summed E-state index contributed by atoms with van der Waals surface area (Å²) in [6, 6.07) is 0. The van der Waals surface area contributed by atoms with Gasteiger partial charge in [0.25, 0.3) is 0 Å². The summed E-state index contributed by atoms with van der Waals surface area (Å²) in [4.78, 5) is 8.60. The standard InChI is InChI=1S/C6BrF4NO2/c7-1-2(8)4(10)5(11)6(3(1)9)12(13)14. The zero-order valence-corrected chi connectivity index (χ0v) is 7.74. The second-order valence-corrected chi connectivity index (χ2v) is 2.97. The number of halogens is 5. The summed E-state index contributed by atoms with van der Waals surface area (Å²) < 4.78 is 49.5. The van der Waals surface area contributed by atoms with Crippen LogP contribution in [0, 0.1) is 33.4 Å². The van der Waals surface area contributed by atoms with Gasteiger partial charge in [-0.15, -0.1) is 0 Å². The molecule has 3 nitrogen and oxygen atoms in total. The number of rotatable bonds is 1. The fraction of sp³-hybridized carbons (Fsp3) is 0. The van der Waals surface area contributed by atoms with Gasteiger partial charge < -0.3 is 0 Å². The van der Waals surface area contributed by atoms with Crippen LogP contribution < -0.4 is 0 Å². The number of hydrogen-bond acceptors (Lipinski definition) is 2. The number of hydrogen-bond donors (Lipinski definition) is 0. The third-order valence-electron chi connectivity index (χ3n) is 1.37. The van der Waals surface area contributed by atoms with Gasteiger partial charge >= 0.3 is 5.69 Å². The van der Waals surface area contributed by atoms with E-state index >= 15 is 0 Å². The number of nitro benzene ring substituents is 1. The lowest BCUT2D eigenvalue weighted by Gasteiger charge is -2.01. The predicted molar refractivity (Wildman–Crippen MR) is 40.6 cm³/mol. The van der Waals surface area contributed by atoms with Gasteiger partial charge in [0, 0.05) is 0 Å². The van der Waals surface area contributed by atoms with Crippen LogP contribution in [0.1, 0.15) is 0 Å².